The Kier molecular flexibility index (Phi) is 1.64. The number of hydrogen-bond donors (Lipinski definition) is 0. The van der Waals surface area contributed by atoms with E-state index in [4.69, 9.17) is 0 Å². The van der Waals surface area contributed by atoms with E-state index in [1.54, 1.807) is 0 Å². The van der Waals surface area contributed by atoms with Gasteiger partial charge in [-0.1, -0.05) is 0 Å². The molecule has 1 aromatic rings. The smallest absolute Gasteiger partial charge is 0.168 e. The van der Waals surface area contributed by atoms with Crippen LogP contribution in [0.25, 0.3) is 0 Å². The molecule has 2 rings (SSSR count). The van der Waals surface area contributed by atoms with Crippen LogP contribution in [-0.4, -0.2) is 11.3 Å². The summed E-state index contributed by atoms with van der Waals surface area (Å²) in [7, 11) is 0. The zero-order valence-corrected chi connectivity index (χ0v) is 6.46. The molecule has 0 atom stereocenters. The summed E-state index contributed by atoms with van der Waals surface area (Å²) in [4.78, 5) is 14.3. The van der Waals surface area contributed by atoms with Crippen molar-refractivity contribution in [3.05, 3.63) is 29.3 Å². The molecule has 0 aliphatic heterocycles. The third kappa shape index (κ3) is 1.35. The summed E-state index contributed by atoms with van der Waals surface area (Å²) in [6.07, 6.45) is 2.71. The lowest BCUT2D eigenvalue weighted by Crippen LogP contribution is -1.94. The van der Waals surface area contributed by atoms with E-state index < -0.39 is 0 Å². The zero-order chi connectivity index (χ0) is 8.55. The Labute approximate surface area is 69.4 Å². The molecule has 0 spiro atoms. The second-order valence-electron chi connectivity index (χ2n) is 3.03. The third-order valence-corrected chi connectivity index (χ3v) is 1.95. The Bertz CT molecular complexity index is 320. The largest absolute Gasteiger partial charge is 0.296 e. The molecule has 1 aromatic heterocycles. The Balaban J connectivity index is 2.40. The van der Waals surface area contributed by atoms with E-state index in [1.165, 1.54) is 6.07 Å². The predicted molar refractivity (Wildman–Crippen MR) is 41.6 cm³/mol. The Hall–Kier alpha value is -1.25. The van der Waals surface area contributed by atoms with Gasteiger partial charge in [-0.05, 0) is 18.9 Å². The van der Waals surface area contributed by atoms with Crippen molar-refractivity contribution in [3.8, 4) is 0 Å². The molecule has 1 aliphatic carbocycles. The highest BCUT2D eigenvalue weighted by Crippen LogP contribution is 2.39. The van der Waals surface area contributed by atoms with Crippen LogP contribution in [0.3, 0.4) is 0 Å². The highest BCUT2D eigenvalue weighted by molar-refractivity contribution is 5.71. The van der Waals surface area contributed by atoms with E-state index in [1.807, 2.05) is 0 Å². The number of nitrogens with zero attached hydrogens (tertiary/aromatic N) is 1. The van der Waals surface area contributed by atoms with Gasteiger partial charge in [0.1, 0.15) is 11.5 Å². The minimum atomic E-state index is -0.367. The lowest BCUT2D eigenvalue weighted by molar-refractivity contribution is 0.111. The molecule has 0 amide bonds. The number of aromatic nitrogens is 1. The molecule has 0 unspecified atom stereocenters. The summed E-state index contributed by atoms with van der Waals surface area (Å²) in [6.45, 7) is 0. The van der Waals surface area contributed by atoms with E-state index in [0.29, 0.717) is 12.2 Å². The van der Waals surface area contributed by atoms with Crippen molar-refractivity contribution in [3.63, 3.8) is 0 Å². The minimum Gasteiger partial charge on any atom is -0.296 e. The molecule has 1 saturated carbocycles. The van der Waals surface area contributed by atoms with Gasteiger partial charge in [0, 0.05) is 17.7 Å². The van der Waals surface area contributed by atoms with Crippen LogP contribution in [0.1, 0.15) is 34.9 Å². The number of carbonyl (C=O) groups is 1. The lowest BCUT2D eigenvalue weighted by Gasteiger charge is -1.97. The average Bonchev–Trinajstić information content (AvgIpc) is 2.85. The molecule has 0 aromatic carbocycles. The van der Waals surface area contributed by atoms with Gasteiger partial charge in [0.25, 0.3) is 0 Å². The van der Waals surface area contributed by atoms with Crippen LogP contribution in [-0.2, 0) is 0 Å². The van der Waals surface area contributed by atoms with Gasteiger partial charge in [-0.3, -0.25) is 4.79 Å². The highest BCUT2D eigenvalue weighted by Gasteiger charge is 2.25. The zero-order valence-electron chi connectivity index (χ0n) is 6.46. The van der Waals surface area contributed by atoms with Gasteiger partial charge < -0.3 is 0 Å². The van der Waals surface area contributed by atoms with Crippen molar-refractivity contribution in [2.24, 2.45) is 0 Å². The van der Waals surface area contributed by atoms with Crippen molar-refractivity contribution >= 4 is 6.29 Å². The molecule has 0 N–H and O–H groups in total. The summed E-state index contributed by atoms with van der Waals surface area (Å²) >= 11 is 0. The Morgan fingerprint density at radius 2 is 2.25 bits per heavy atom. The number of carbonyl (C=O) groups excluding carboxylic acids is 1. The van der Waals surface area contributed by atoms with Crippen LogP contribution in [0.2, 0.25) is 0 Å². The molecule has 62 valence electrons. The first-order valence-corrected chi connectivity index (χ1v) is 3.92. The van der Waals surface area contributed by atoms with Gasteiger partial charge in [0.2, 0.25) is 0 Å². The maximum atomic E-state index is 12.8. The maximum absolute atomic E-state index is 12.8. The quantitative estimate of drug-likeness (QED) is 0.626. The number of halogens is 1. The molecule has 1 fully saturated rings. The first-order chi connectivity index (χ1) is 5.79. The second-order valence-corrected chi connectivity index (χ2v) is 3.03. The fraction of sp³-hybridized carbons (Fsp3) is 0.333. The minimum absolute atomic E-state index is 0.192. The predicted octanol–water partition coefficient (Wildman–Crippen LogP) is 1.91. The number of hydrogen-bond acceptors (Lipinski definition) is 2. The molecule has 0 radical (unpaired) electrons. The molecular weight excluding hydrogens is 157 g/mol. The van der Waals surface area contributed by atoms with Crippen LogP contribution < -0.4 is 0 Å². The Morgan fingerprint density at radius 3 is 2.83 bits per heavy atom. The summed E-state index contributed by atoms with van der Waals surface area (Å²) in [5.74, 6) is 0.0217. The van der Waals surface area contributed by atoms with Gasteiger partial charge >= 0.3 is 0 Å². The molecule has 12 heavy (non-hydrogen) atoms. The first-order valence-electron chi connectivity index (χ1n) is 3.92. The summed E-state index contributed by atoms with van der Waals surface area (Å²) in [6, 6.07) is 2.56. The van der Waals surface area contributed by atoms with Crippen molar-refractivity contribution in [1.82, 2.24) is 4.98 Å². The van der Waals surface area contributed by atoms with Gasteiger partial charge in [-0.15, -0.1) is 0 Å². The first kappa shape index (κ1) is 7.40. The normalized spacial score (nSPS) is 16.1. The fourth-order valence-corrected chi connectivity index (χ4v) is 1.19. The van der Waals surface area contributed by atoms with Crippen LogP contribution in [0.15, 0.2) is 12.1 Å². The van der Waals surface area contributed by atoms with Crippen LogP contribution in [0, 0.1) is 5.82 Å². The van der Waals surface area contributed by atoms with Gasteiger partial charge in [-0.25, -0.2) is 9.37 Å². The molecule has 1 aliphatic rings. The van der Waals surface area contributed by atoms with E-state index in [0.717, 1.165) is 24.6 Å². The monoisotopic (exact) mass is 165 g/mol. The molecule has 1 heterocycles. The topological polar surface area (TPSA) is 30.0 Å². The van der Waals surface area contributed by atoms with Gasteiger partial charge in [0.15, 0.2) is 6.29 Å². The Morgan fingerprint density at radius 1 is 1.50 bits per heavy atom. The third-order valence-electron chi connectivity index (χ3n) is 1.95. The summed E-state index contributed by atoms with van der Waals surface area (Å²) < 4.78 is 12.8. The molecule has 0 saturated heterocycles. The van der Waals surface area contributed by atoms with E-state index >= 15 is 0 Å². The highest BCUT2D eigenvalue weighted by atomic mass is 19.1. The van der Waals surface area contributed by atoms with Crippen molar-refractivity contribution in [2.75, 3.05) is 0 Å². The number of pyridine rings is 1. The van der Waals surface area contributed by atoms with Gasteiger partial charge in [-0.2, -0.15) is 0 Å². The molecule has 2 nitrogen and oxygen atoms in total. The van der Waals surface area contributed by atoms with E-state index in [-0.39, 0.29) is 11.5 Å². The van der Waals surface area contributed by atoms with Crippen molar-refractivity contribution in [2.45, 2.75) is 18.8 Å². The van der Waals surface area contributed by atoms with Crippen molar-refractivity contribution in [1.29, 1.82) is 0 Å². The van der Waals surface area contributed by atoms with Crippen molar-refractivity contribution < 1.29 is 9.18 Å². The fourth-order valence-electron chi connectivity index (χ4n) is 1.19. The second kappa shape index (κ2) is 2.66. The molecule has 0 bridgehead atoms. The summed E-state index contributed by atoms with van der Waals surface area (Å²) in [5.41, 5.74) is 0.911. The van der Waals surface area contributed by atoms with E-state index in [2.05, 4.69) is 4.98 Å². The molecule has 3 heteroatoms. The SMILES string of the molecule is O=Cc1cc(F)cc(C2CC2)n1. The number of rotatable bonds is 2. The van der Waals surface area contributed by atoms with Crippen LogP contribution in [0.4, 0.5) is 4.39 Å². The van der Waals surface area contributed by atoms with Gasteiger partial charge in [0.05, 0.1) is 0 Å². The maximum Gasteiger partial charge on any atom is 0.168 e. The van der Waals surface area contributed by atoms with Crippen LogP contribution >= 0.6 is 0 Å². The summed E-state index contributed by atoms with van der Waals surface area (Å²) in [5, 5.41) is 0. The average molecular weight is 165 g/mol. The number of aldehydes is 1. The van der Waals surface area contributed by atoms with E-state index in [9.17, 15) is 9.18 Å². The van der Waals surface area contributed by atoms with Crippen LogP contribution in [0.5, 0.6) is 0 Å². The standard InChI is InChI=1S/C9H8FNO/c10-7-3-8(5-12)11-9(4-7)6-1-2-6/h3-6H,1-2H2. The molecular formula is C9H8FNO. The lowest BCUT2D eigenvalue weighted by atomic mass is 10.2.